The summed E-state index contributed by atoms with van der Waals surface area (Å²) in [6.07, 6.45) is 0. The molecule has 1 saturated heterocycles. The van der Waals surface area contributed by atoms with E-state index in [4.69, 9.17) is 0 Å². The van der Waals surface area contributed by atoms with E-state index in [9.17, 15) is 8.42 Å². The van der Waals surface area contributed by atoms with E-state index in [1.54, 1.807) is 0 Å². The number of hydrogen-bond donors (Lipinski definition) is 2. The normalized spacial score (nSPS) is 18.3. The quantitative estimate of drug-likeness (QED) is 0.585. The van der Waals surface area contributed by atoms with Gasteiger partial charge in [-0.15, -0.1) is 0 Å². The van der Waals surface area contributed by atoms with E-state index in [0.29, 0.717) is 19.6 Å². The maximum Gasteiger partial charge on any atom is 0.191 e. The van der Waals surface area contributed by atoms with E-state index < -0.39 is 9.84 Å². The first-order valence-electron chi connectivity index (χ1n) is 8.49. The molecule has 0 aromatic heterocycles. The Morgan fingerprint density at radius 3 is 2.58 bits per heavy atom. The predicted molar refractivity (Wildman–Crippen MR) is 99.1 cm³/mol. The highest BCUT2D eigenvalue weighted by molar-refractivity contribution is 7.91. The van der Waals surface area contributed by atoms with Gasteiger partial charge in [-0.2, -0.15) is 0 Å². The number of rotatable bonds is 6. The Balaban J connectivity index is 1.81. The number of aliphatic imine (C=N–C) groups is 1. The third kappa shape index (κ3) is 6.13. The molecule has 1 aromatic rings. The average molecular weight is 353 g/mol. The van der Waals surface area contributed by atoms with Gasteiger partial charge in [-0.1, -0.05) is 24.3 Å². The molecule has 1 aliphatic heterocycles. The van der Waals surface area contributed by atoms with Crippen molar-refractivity contribution in [3.63, 3.8) is 0 Å². The third-order valence-electron chi connectivity index (χ3n) is 4.17. The third-order valence-corrected chi connectivity index (χ3v) is 5.78. The van der Waals surface area contributed by atoms with Crippen LogP contribution in [0.4, 0.5) is 0 Å². The summed E-state index contributed by atoms with van der Waals surface area (Å²) in [6, 6.07) is 8.25. The minimum absolute atomic E-state index is 0.272. The van der Waals surface area contributed by atoms with Gasteiger partial charge in [0, 0.05) is 32.7 Å². The van der Waals surface area contributed by atoms with Gasteiger partial charge in [-0.3, -0.25) is 4.90 Å². The lowest BCUT2D eigenvalue weighted by molar-refractivity contribution is 0.299. The van der Waals surface area contributed by atoms with Gasteiger partial charge in [0.25, 0.3) is 0 Å². The average Bonchev–Trinajstić information content (AvgIpc) is 2.55. The van der Waals surface area contributed by atoms with Gasteiger partial charge in [0.1, 0.15) is 0 Å². The Labute approximate surface area is 145 Å². The van der Waals surface area contributed by atoms with Gasteiger partial charge in [0.15, 0.2) is 15.8 Å². The number of guanidine groups is 1. The molecule has 1 heterocycles. The van der Waals surface area contributed by atoms with Crippen LogP contribution in [-0.2, 0) is 16.4 Å². The van der Waals surface area contributed by atoms with Gasteiger partial charge in [0.2, 0.25) is 0 Å². The summed E-state index contributed by atoms with van der Waals surface area (Å²) in [5, 5.41) is 6.57. The predicted octanol–water partition coefficient (Wildman–Crippen LogP) is 0.781. The molecule has 2 rings (SSSR count). The lowest BCUT2D eigenvalue weighted by atomic mass is 10.1. The van der Waals surface area contributed by atoms with Crippen LogP contribution in [0.25, 0.3) is 0 Å². The minimum Gasteiger partial charge on any atom is -0.357 e. The van der Waals surface area contributed by atoms with Gasteiger partial charge in [-0.05, 0) is 25.0 Å². The van der Waals surface area contributed by atoms with Crippen molar-refractivity contribution < 1.29 is 8.42 Å². The SMILES string of the molecule is CCNC(=NCc1ccccc1C)NCCN1CCS(=O)(=O)CC1. The molecule has 2 N–H and O–H groups in total. The van der Waals surface area contributed by atoms with Crippen LogP contribution in [0.1, 0.15) is 18.1 Å². The zero-order valence-electron chi connectivity index (χ0n) is 14.6. The molecule has 0 bridgehead atoms. The van der Waals surface area contributed by atoms with E-state index in [2.05, 4.69) is 39.6 Å². The summed E-state index contributed by atoms with van der Waals surface area (Å²) in [5.74, 6) is 1.34. The van der Waals surface area contributed by atoms with Crippen LogP contribution in [0.5, 0.6) is 0 Å². The molecule has 1 fully saturated rings. The molecule has 24 heavy (non-hydrogen) atoms. The highest BCUT2D eigenvalue weighted by atomic mass is 32.2. The number of nitrogens with one attached hydrogen (secondary N) is 2. The Morgan fingerprint density at radius 2 is 1.92 bits per heavy atom. The second-order valence-electron chi connectivity index (χ2n) is 6.04. The van der Waals surface area contributed by atoms with Gasteiger partial charge < -0.3 is 10.6 Å². The molecular weight excluding hydrogens is 324 g/mol. The molecule has 134 valence electrons. The summed E-state index contributed by atoms with van der Waals surface area (Å²) in [5.41, 5.74) is 2.46. The number of sulfone groups is 1. The fourth-order valence-corrected chi connectivity index (χ4v) is 3.88. The zero-order valence-corrected chi connectivity index (χ0v) is 15.4. The van der Waals surface area contributed by atoms with Crippen molar-refractivity contribution >= 4 is 15.8 Å². The molecule has 1 aliphatic rings. The van der Waals surface area contributed by atoms with Crippen LogP contribution in [0, 0.1) is 6.92 Å². The summed E-state index contributed by atoms with van der Waals surface area (Å²) < 4.78 is 22.9. The summed E-state index contributed by atoms with van der Waals surface area (Å²) in [4.78, 5) is 6.81. The fraction of sp³-hybridized carbons (Fsp3) is 0.588. The van der Waals surface area contributed by atoms with E-state index in [1.807, 2.05) is 19.1 Å². The molecule has 7 heteroatoms. The molecule has 0 atom stereocenters. The largest absolute Gasteiger partial charge is 0.357 e. The molecule has 0 saturated carbocycles. The van der Waals surface area contributed by atoms with E-state index in [-0.39, 0.29) is 11.5 Å². The summed E-state index contributed by atoms with van der Waals surface area (Å²) in [6.45, 7) is 8.41. The summed E-state index contributed by atoms with van der Waals surface area (Å²) >= 11 is 0. The smallest absolute Gasteiger partial charge is 0.191 e. The fourth-order valence-electron chi connectivity index (χ4n) is 2.60. The number of benzene rings is 1. The Morgan fingerprint density at radius 1 is 1.21 bits per heavy atom. The highest BCUT2D eigenvalue weighted by Gasteiger charge is 2.20. The molecular formula is C17H28N4O2S. The first kappa shape index (κ1) is 18.7. The molecule has 0 unspecified atom stereocenters. The van der Waals surface area contributed by atoms with Crippen LogP contribution in [0.3, 0.4) is 0 Å². The van der Waals surface area contributed by atoms with Gasteiger partial charge in [0.05, 0.1) is 18.1 Å². The zero-order chi connectivity index (χ0) is 17.4. The highest BCUT2D eigenvalue weighted by Crippen LogP contribution is 2.08. The van der Waals surface area contributed by atoms with Crippen molar-refractivity contribution in [1.29, 1.82) is 0 Å². The molecule has 0 aliphatic carbocycles. The molecule has 0 radical (unpaired) electrons. The van der Waals surface area contributed by atoms with Crippen LogP contribution < -0.4 is 10.6 Å². The van der Waals surface area contributed by atoms with Crippen molar-refractivity contribution in [2.24, 2.45) is 4.99 Å². The van der Waals surface area contributed by atoms with Crippen LogP contribution >= 0.6 is 0 Å². The van der Waals surface area contributed by atoms with Crippen LogP contribution in [0.15, 0.2) is 29.3 Å². The molecule has 0 spiro atoms. The van der Waals surface area contributed by atoms with Crippen molar-refractivity contribution in [3.8, 4) is 0 Å². The first-order chi connectivity index (χ1) is 11.5. The molecule has 1 aromatic carbocycles. The maximum absolute atomic E-state index is 11.4. The lowest BCUT2D eigenvalue weighted by Gasteiger charge is -2.26. The van der Waals surface area contributed by atoms with Crippen LogP contribution in [0.2, 0.25) is 0 Å². The van der Waals surface area contributed by atoms with E-state index >= 15 is 0 Å². The van der Waals surface area contributed by atoms with Crippen molar-refractivity contribution in [1.82, 2.24) is 15.5 Å². The van der Waals surface area contributed by atoms with Gasteiger partial charge >= 0.3 is 0 Å². The number of aryl methyl sites for hydroxylation is 1. The topological polar surface area (TPSA) is 73.8 Å². The number of nitrogens with zero attached hydrogens (tertiary/aromatic N) is 2. The van der Waals surface area contributed by atoms with Crippen LogP contribution in [-0.4, -0.2) is 63.5 Å². The van der Waals surface area contributed by atoms with E-state index in [1.165, 1.54) is 11.1 Å². The standard InChI is InChI=1S/C17H28N4O2S/c1-3-18-17(20-14-16-7-5-4-6-15(16)2)19-8-9-21-10-12-24(22,23)13-11-21/h4-7H,3,8-14H2,1-2H3,(H2,18,19,20). The monoisotopic (exact) mass is 352 g/mol. The Hall–Kier alpha value is -1.60. The minimum atomic E-state index is -2.81. The van der Waals surface area contributed by atoms with Crippen molar-refractivity contribution in [2.75, 3.05) is 44.2 Å². The Kier molecular flexibility index (Phi) is 7.05. The van der Waals surface area contributed by atoms with Gasteiger partial charge in [-0.25, -0.2) is 13.4 Å². The van der Waals surface area contributed by atoms with Crippen molar-refractivity contribution in [3.05, 3.63) is 35.4 Å². The molecule has 0 amide bonds. The van der Waals surface area contributed by atoms with E-state index in [0.717, 1.165) is 25.6 Å². The summed E-state index contributed by atoms with van der Waals surface area (Å²) in [7, 11) is -2.81. The second kappa shape index (κ2) is 9.03. The van der Waals surface area contributed by atoms with Crippen molar-refractivity contribution in [2.45, 2.75) is 20.4 Å². The second-order valence-corrected chi connectivity index (χ2v) is 8.35. The first-order valence-corrected chi connectivity index (χ1v) is 10.3. The number of hydrogen-bond acceptors (Lipinski definition) is 4. The lowest BCUT2D eigenvalue weighted by Crippen LogP contribution is -2.45. The maximum atomic E-state index is 11.4. The Bertz CT molecular complexity index is 644. The molecule has 6 nitrogen and oxygen atoms in total.